The largest absolute Gasteiger partial charge is 0.497 e. The molecule has 3 aromatic rings. The van der Waals surface area contributed by atoms with E-state index in [2.05, 4.69) is 15.1 Å². The number of pyridine rings is 1. The Labute approximate surface area is 127 Å². The van der Waals surface area contributed by atoms with Crippen LogP contribution in [0, 0.1) is 0 Å². The molecule has 1 unspecified atom stereocenters. The van der Waals surface area contributed by atoms with Gasteiger partial charge in [-0.1, -0.05) is 5.16 Å². The van der Waals surface area contributed by atoms with Crippen LogP contribution in [0.25, 0.3) is 11.4 Å². The lowest BCUT2D eigenvalue weighted by Gasteiger charge is -2.10. The van der Waals surface area contributed by atoms with Crippen LogP contribution in [-0.4, -0.2) is 22.2 Å². The highest BCUT2D eigenvalue weighted by molar-refractivity contribution is 5.52. The molecule has 0 amide bonds. The van der Waals surface area contributed by atoms with Crippen molar-refractivity contribution in [2.75, 3.05) is 7.11 Å². The molecule has 0 radical (unpaired) electrons. The van der Waals surface area contributed by atoms with Crippen molar-refractivity contribution >= 4 is 0 Å². The van der Waals surface area contributed by atoms with Crippen LogP contribution in [0.15, 0.2) is 53.3 Å². The Morgan fingerprint density at radius 1 is 1.00 bits per heavy atom. The Morgan fingerprint density at radius 2 is 1.68 bits per heavy atom. The fourth-order valence-electron chi connectivity index (χ4n) is 1.93. The van der Waals surface area contributed by atoms with Crippen LogP contribution in [0.4, 0.5) is 0 Å². The molecule has 22 heavy (non-hydrogen) atoms. The molecular formula is C16H15N3O3. The summed E-state index contributed by atoms with van der Waals surface area (Å²) in [6, 6.07) is 11.0. The maximum atomic E-state index is 5.78. The third-order valence-corrected chi connectivity index (χ3v) is 3.10. The lowest BCUT2D eigenvalue weighted by atomic mass is 10.2. The highest BCUT2D eigenvalue weighted by Crippen LogP contribution is 2.24. The van der Waals surface area contributed by atoms with E-state index >= 15 is 0 Å². The minimum atomic E-state index is -0.350. The van der Waals surface area contributed by atoms with Gasteiger partial charge in [-0.05, 0) is 43.3 Å². The number of rotatable bonds is 5. The number of aromatic nitrogens is 3. The summed E-state index contributed by atoms with van der Waals surface area (Å²) >= 11 is 0. The Bertz CT molecular complexity index is 726. The molecule has 112 valence electrons. The van der Waals surface area contributed by atoms with Crippen LogP contribution in [0.5, 0.6) is 11.5 Å². The molecule has 6 nitrogen and oxygen atoms in total. The molecule has 3 rings (SSSR count). The molecule has 0 fully saturated rings. The zero-order valence-corrected chi connectivity index (χ0v) is 12.3. The minimum Gasteiger partial charge on any atom is -0.497 e. The van der Waals surface area contributed by atoms with Crippen molar-refractivity contribution in [3.63, 3.8) is 0 Å². The fraction of sp³-hybridized carbons (Fsp3) is 0.188. The van der Waals surface area contributed by atoms with Crippen LogP contribution < -0.4 is 9.47 Å². The van der Waals surface area contributed by atoms with Crippen LogP contribution >= 0.6 is 0 Å². The van der Waals surface area contributed by atoms with E-state index in [4.69, 9.17) is 14.0 Å². The summed E-state index contributed by atoms with van der Waals surface area (Å²) in [5.41, 5.74) is 0.849. The zero-order valence-electron chi connectivity index (χ0n) is 12.3. The van der Waals surface area contributed by atoms with Crippen molar-refractivity contribution in [2.24, 2.45) is 0 Å². The van der Waals surface area contributed by atoms with Gasteiger partial charge < -0.3 is 14.0 Å². The maximum absolute atomic E-state index is 5.78. The predicted octanol–water partition coefficient (Wildman–Crippen LogP) is 3.28. The lowest BCUT2D eigenvalue weighted by Crippen LogP contribution is -2.03. The highest BCUT2D eigenvalue weighted by atomic mass is 16.5. The van der Waals surface area contributed by atoms with E-state index in [9.17, 15) is 0 Å². The summed E-state index contributed by atoms with van der Waals surface area (Å²) in [6.45, 7) is 1.86. The van der Waals surface area contributed by atoms with Crippen molar-refractivity contribution in [3.05, 3.63) is 54.7 Å². The summed E-state index contributed by atoms with van der Waals surface area (Å²) in [5, 5.41) is 3.96. The SMILES string of the molecule is COc1ccc(OC(C)c2nc(-c3ccncc3)no2)cc1. The van der Waals surface area contributed by atoms with Gasteiger partial charge in [0.05, 0.1) is 7.11 Å². The van der Waals surface area contributed by atoms with E-state index in [1.54, 1.807) is 19.5 Å². The number of hydrogen-bond acceptors (Lipinski definition) is 6. The number of ether oxygens (including phenoxy) is 2. The summed E-state index contributed by atoms with van der Waals surface area (Å²) in [5.74, 6) is 2.42. The molecule has 0 aliphatic heterocycles. The number of nitrogens with zero attached hydrogens (tertiary/aromatic N) is 3. The van der Waals surface area contributed by atoms with Crippen molar-refractivity contribution in [1.82, 2.24) is 15.1 Å². The van der Waals surface area contributed by atoms with Crippen molar-refractivity contribution in [1.29, 1.82) is 0 Å². The van der Waals surface area contributed by atoms with E-state index in [-0.39, 0.29) is 6.10 Å². The van der Waals surface area contributed by atoms with Gasteiger partial charge in [0.2, 0.25) is 5.82 Å². The molecular weight excluding hydrogens is 282 g/mol. The molecule has 1 atom stereocenters. The molecule has 0 saturated carbocycles. The first-order chi connectivity index (χ1) is 10.8. The van der Waals surface area contributed by atoms with Gasteiger partial charge in [0, 0.05) is 18.0 Å². The topological polar surface area (TPSA) is 70.3 Å². The monoisotopic (exact) mass is 297 g/mol. The summed E-state index contributed by atoms with van der Waals surface area (Å²) < 4.78 is 16.2. The van der Waals surface area contributed by atoms with E-state index in [0.29, 0.717) is 17.5 Å². The van der Waals surface area contributed by atoms with Crippen molar-refractivity contribution in [3.8, 4) is 22.9 Å². The fourth-order valence-corrected chi connectivity index (χ4v) is 1.93. The normalized spacial score (nSPS) is 11.9. The van der Waals surface area contributed by atoms with Crippen molar-refractivity contribution < 1.29 is 14.0 Å². The van der Waals surface area contributed by atoms with E-state index in [1.807, 2.05) is 43.3 Å². The Balaban J connectivity index is 1.72. The van der Waals surface area contributed by atoms with E-state index in [0.717, 1.165) is 11.3 Å². The van der Waals surface area contributed by atoms with Crippen LogP contribution in [0.3, 0.4) is 0 Å². The maximum Gasteiger partial charge on any atom is 0.267 e. The van der Waals surface area contributed by atoms with Gasteiger partial charge in [-0.2, -0.15) is 4.98 Å². The summed E-state index contributed by atoms with van der Waals surface area (Å²) in [6.07, 6.45) is 3.02. The number of hydrogen-bond donors (Lipinski definition) is 0. The molecule has 0 aliphatic rings. The molecule has 0 aliphatic carbocycles. The second-order valence-corrected chi connectivity index (χ2v) is 4.63. The smallest absolute Gasteiger partial charge is 0.267 e. The van der Waals surface area contributed by atoms with Gasteiger partial charge >= 0.3 is 0 Å². The number of benzene rings is 1. The van der Waals surface area contributed by atoms with Crippen LogP contribution in [-0.2, 0) is 0 Å². The molecule has 0 saturated heterocycles. The average molecular weight is 297 g/mol. The molecule has 2 heterocycles. The third kappa shape index (κ3) is 3.06. The third-order valence-electron chi connectivity index (χ3n) is 3.10. The van der Waals surface area contributed by atoms with Gasteiger partial charge in [-0.15, -0.1) is 0 Å². The lowest BCUT2D eigenvalue weighted by molar-refractivity contribution is 0.175. The van der Waals surface area contributed by atoms with E-state index < -0.39 is 0 Å². The molecule has 1 aromatic carbocycles. The molecule has 0 spiro atoms. The van der Waals surface area contributed by atoms with Crippen LogP contribution in [0.2, 0.25) is 0 Å². The van der Waals surface area contributed by atoms with Crippen molar-refractivity contribution in [2.45, 2.75) is 13.0 Å². The Hall–Kier alpha value is -2.89. The van der Waals surface area contributed by atoms with Crippen LogP contribution in [0.1, 0.15) is 18.9 Å². The van der Waals surface area contributed by atoms with Gasteiger partial charge in [0.15, 0.2) is 6.10 Å². The van der Waals surface area contributed by atoms with Gasteiger partial charge in [-0.25, -0.2) is 0 Å². The standard InChI is InChI=1S/C16H15N3O3/c1-11(21-14-5-3-13(20-2)4-6-14)16-18-15(19-22-16)12-7-9-17-10-8-12/h3-11H,1-2H3. The predicted molar refractivity (Wildman–Crippen MR) is 79.6 cm³/mol. The average Bonchev–Trinajstić information content (AvgIpc) is 3.06. The minimum absolute atomic E-state index is 0.350. The summed E-state index contributed by atoms with van der Waals surface area (Å²) in [4.78, 5) is 8.32. The molecule has 0 N–H and O–H groups in total. The van der Waals surface area contributed by atoms with Gasteiger partial charge in [0.1, 0.15) is 11.5 Å². The second kappa shape index (κ2) is 6.26. The quantitative estimate of drug-likeness (QED) is 0.719. The number of methoxy groups -OCH3 is 1. The summed E-state index contributed by atoms with van der Waals surface area (Å²) in [7, 11) is 1.62. The second-order valence-electron chi connectivity index (χ2n) is 4.63. The van der Waals surface area contributed by atoms with Gasteiger partial charge in [0.25, 0.3) is 5.89 Å². The Morgan fingerprint density at radius 3 is 2.36 bits per heavy atom. The molecule has 2 aromatic heterocycles. The van der Waals surface area contributed by atoms with E-state index in [1.165, 1.54) is 0 Å². The highest BCUT2D eigenvalue weighted by Gasteiger charge is 2.16. The van der Waals surface area contributed by atoms with Gasteiger partial charge in [-0.3, -0.25) is 4.98 Å². The first-order valence-electron chi connectivity index (χ1n) is 6.81. The Kier molecular flexibility index (Phi) is 4.00. The molecule has 0 bridgehead atoms. The first-order valence-corrected chi connectivity index (χ1v) is 6.81. The first kappa shape index (κ1) is 14.1. The zero-order chi connectivity index (χ0) is 15.4. The molecule has 6 heteroatoms.